The Morgan fingerprint density at radius 1 is 1.27 bits per heavy atom. The van der Waals surface area contributed by atoms with Gasteiger partial charge in [-0.1, -0.05) is 23.2 Å². The molecule has 1 fully saturated rings. The Balaban J connectivity index is 2.32. The van der Waals surface area contributed by atoms with Gasteiger partial charge < -0.3 is 4.74 Å². The summed E-state index contributed by atoms with van der Waals surface area (Å²) in [7, 11) is -4.11. The summed E-state index contributed by atoms with van der Waals surface area (Å²) in [5.74, 6) is 0. The van der Waals surface area contributed by atoms with Gasteiger partial charge in [-0.15, -0.1) is 10.2 Å². The summed E-state index contributed by atoms with van der Waals surface area (Å²) in [5.41, 5.74) is -0.744. The highest BCUT2D eigenvalue weighted by molar-refractivity contribution is 7.91. The number of carbonyl (C=O) groups excluding carboxylic acids is 1. The quantitative estimate of drug-likeness (QED) is 0.753. The molecule has 2 heterocycles. The lowest BCUT2D eigenvalue weighted by Gasteiger charge is -2.24. The first-order chi connectivity index (χ1) is 10.0. The fourth-order valence-electron chi connectivity index (χ4n) is 1.79. The molecule has 22 heavy (non-hydrogen) atoms. The van der Waals surface area contributed by atoms with Gasteiger partial charge in [0.25, 0.3) is 0 Å². The topological polar surface area (TPSA) is 92.7 Å². The zero-order chi connectivity index (χ0) is 16.7. The standard InChI is InChI=1S/C11H14Cl2N4O4S/c1-11(2,3)21-10(18)17-5-4-16(22(17,19)20)7-6-8(12)14-15-9(7)13/h6H,4-5H2,1-3H3. The second kappa shape index (κ2) is 5.71. The molecule has 1 amide bonds. The third kappa shape index (κ3) is 3.36. The third-order valence-electron chi connectivity index (χ3n) is 2.63. The Hall–Kier alpha value is -1.32. The first-order valence-corrected chi connectivity index (χ1v) is 8.40. The molecular formula is C11H14Cl2N4O4S. The molecule has 0 saturated carbocycles. The van der Waals surface area contributed by atoms with Crippen molar-refractivity contribution in [2.45, 2.75) is 26.4 Å². The lowest BCUT2D eigenvalue weighted by atomic mass is 10.2. The summed E-state index contributed by atoms with van der Waals surface area (Å²) < 4.78 is 31.6. The predicted octanol–water partition coefficient (Wildman–Crippen LogP) is 2.09. The number of hydrogen-bond acceptors (Lipinski definition) is 6. The van der Waals surface area contributed by atoms with Gasteiger partial charge in [-0.2, -0.15) is 12.7 Å². The second-order valence-electron chi connectivity index (χ2n) is 5.48. The zero-order valence-electron chi connectivity index (χ0n) is 12.1. The molecular weight excluding hydrogens is 355 g/mol. The van der Waals surface area contributed by atoms with Crippen LogP contribution in [-0.2, 0) is 14.9 Å². The number of carbonyl (C=O) groups is 1. The maximum Gasteiger partial charge on any atom is 0.425 e. The van der Waals surface area contributed by atoms with Crippen LogP contribution in [0.2, 0.25) is 10.3 Å². The van der Waals surface area contributed by atoms with Crippen LogP contribution in [0.3, 0.4) is 0 Å². The van der Waals surface area contributed by atoms with Crippen LogP contribution in [-0.4, -0.2) is 47.7 Å². The van der Waals surface area contributed by atoms with E-state index < -0.39 is 21.9 Å². The largest absolute Gasteiger partial charge is 0.443 e. The van der Waals surface area contributed by atoms with E-state index >= 15 is 0 Å². The number of ether oxygens (including phenoxy) is 1. The number of nitrogens with zero attached hydrogens (tertiary/aromatic N) is 4. The van der Waals surface area contributed by atoms with Crippen LogP contribution in [0.25, 0.3) is 0 Å². The Bertz CT molecular complexity index is 705. The van der Waals surface area contributed by atoms with Crippen molar-refractivity contribution in [2.75, 3.05) is 17.4 Å². The van der Waals surface area contributed by atoms with Crippen molar-refractivity contribution in [1.29, 1.82) is 0 Å². The van der Waals surface area contributed by atoms with Crippen molar-refractivity contribution in [1.82, 2.24) is 14.5 Å². The van der Waals surface area contributed by atoms with E-state index in [0.717, 1.165) is 4.31 Å². The Kier molecular flexibility index (Phi) is 4.42. The van der Waals surface area contributed by atoms with Crippen LogP contribution in [0.4, 0.5) is 10.5 Å². The molecule has 11 heteroatoms. The van der Waals surface area contributed by atoms with Crippen molar-refractivity contribution in [3.05, 3.63) is 16.4 Å². The fraction of sp³-hybridized carbons (Fsp3) is 0.545. The van der Waals surface area contributed by atoms with Gasteiger partial charge in [0, 0.05) is 6.07 Å². The van der Waals surface area contributed by atoms with Crippen LogP contribution in [0, 0.1) is 0 Å². The highest BCUT2D eigenvalue weighted by Gasteiger charge is 2.43. The van der Waals surface area contributed by atoms with Crippen molar-refractivity contribution >= 4 is 45.2 Å². The normalized spacial score (nSPS) is 17.7. The molecule has 0 N–H and O–H groups in total. The highest BCUT2D eigenvalue weighted by atomic mass is 35.5. The van der Waals surface area contributed by atoms with Gasteiger partial charge >= 0.3 is 16.3 Å². The Morgan fingerprint density at radius 3 is 2.50 bits per heavy atom. The molecule has 8 nitrogen and oxygen atoms in total. The average Bonchev–Trinajstić information content (AvgIpc) is 2.65. The van der Waals surface area contributed by atoms with E-state index in [-0.39, 0.29) is 29.1 Å². The number of anilines is 1. The van der Waals surface area contributed by atoms with Gasteiger partial charge in [0.05, 0.1) is 18.8 Å². The first kappa shape index (κ1) is 17.0. The molecule has 1 aliphatic rings. The molecule has 0 atom stereocenters. The maximum atomic E-state index is 12.5. The SMILES string of the molecule is CC(C)(C)OC(=O)N1CCN(c2cc(Cl)nnc2Cl)S1(=O)=O. The van der Waals surface area contributed by atoms with E-state index in [1.807, 2.05) is 0 Å². The molecule has 0 radical (unpaired) electrons. The minimum atomic E-state index is -4.11. The smallest absolute Gasteiger partial charge is 0.425 e. The molecule has 1 aliphatic heterocycles. The van der Waals surface area contributed by atoms with Gasteiger partial charge in [-0.3, -0.25) is 0 Å². The fourth-order valence-corrected chi connectivity index (χ4v) is 3.66. The number of halogens is 2. The van der Waals surface area contributed by atoms with E-state index in [1.54, 1.807) is 20.8 Å². The summed E-state index contributed by atoms with van der Waals surface area (Å²) in [6, 6.07) is 1.27. The zero-order valence-corrected chi connectivity index (χ0v) is 14.4. The molecule has 0 bridgehead atoms. The maximum absolute atomic E-state index is 12.5. The summed E-state index contributed by atoms with van der Waals surface area (Å²) in [6.45, 7) is 4.90. The number of rotatable bonds is 1. The van der Waals surface area contributed by atoms with E-state index in [0.29, 0.717) is 4.31 Å². The van der Waals surface area contributed by atoms with E-state index in [2.05, 4.69) is 10.2 Å². The summed E-state index contributed by atoms with van der Waals surface area (Å²) in [5, 5.41) is 6.94. The van der Waals surface area contributed by atoms with Crippen LogP contribution >= 0.6 is 23.2 Å². The second-order valence-corrected chi connectivity index (χ2v) is 8.00. The van der Waals surface area contributed by atoms with Crippen LogP contribution < -0.4 is 4.31 Å². The number of amides is 1. The van der Waals surface area contributed by atoms with E-state index in [4.69, 9.17) is 27.9 Å². The average molecular weight is 369 g/mol. The molecule has 0 spiro atoms. The van der Waals surface area contributed by atoms with Crippen LogP contribution in [0.5, 0.6) is 0 Å². The number of aromatic nitrogens is 2. The molecule has 1 saturated heterocycles. The van der Waals surface area contributed by atoms with E-state index in [9.17, 15) is 13.2 Å². The van der Waals surface area contributed by atoms with Crippen molar-refractivity contribution in [3.63, 3.8) is 0 Å². The summed E-state index contributed by atoms with van der Waals surface area (Å²) in [6.07, 6.45) is -0.945. The molecule has 2 rings (SSSR count). The highest BCUT2D eigenvalue weighted by Crippen LogP contribution is 2.32. The number of hydrogen-bond donors (Lipinski definition) is 0. The van der Waals surface area contributed by atoms with Crippen molar-refractivity contribution in [2.24, 2.45) is 0 Å². The van der Waals surface area contributed by atoms with Gasteiger partial charge in [-0.25, -0.2) is 9.10 Å². The minimum Gasteiger partial charge on any atom is -0.443 e. The minimum absolute atomic E-state index is 0.00896. The lowest BCUT2D eigenvalue weighted by molar-refractivity contribution is 0.0405. The first-order valence-electron chi connectivity index (χ1n) is 6.24. The molecule has 0 aliphatic carbocycles. The molecule has 1 aromatic heterocycles. The Labute approximate surface area is 138 Å². The van der Waals surface area contributed by atoms with E-state index in [1.165, 1.54) is 6.07 Å². The van der Waals surface area contributed by atoms with Crippen molar-refractivity contribution in [3.8, 4) is 0 Å². The molecule has 1 aromatic rings. The summed E-state index contributed by atoms with van der Waals surface area (Å²) in [4.78, 5) is 12.0. The molecule has 122 valence electrons. The van der Waals surface area contributed by atoms with Crippen LogP contribution in [0.1, 0.15) is 20.8 Å². The monoisotopic (exact) mass is 368 g/mol. The van der Waals surface area contributed by atoms with Crippen LogP contribution in [0.15, 0.2) is 6.07 Å². The molecule has 0 unspecified atom stereocenters. The van der Waals surface area contributed by atoms with Crippen molar-refractivity contribution < 1.29 is 17.9 Å². The third-order valence-corrected chi connectivity index (χ3v) is 4.91. The van der Waals surface area contributed by atoms with Gasteiger partial charge in [0.1, 0.15) is 5.60 Å². The van der Waals surface area contributed by atoms with Gasteiger partial charge in [0.2, 0.25) is 0 Å². The van der Waals surface area contributed by atoms with Gasteiger partial charge in [0.15, 0.2) is 10.3 Å². The Morgan fingerprint density at radius 2 is 1.91 bits per heavy atom. The lowest BCUT2D eigenvalue weighted by Crippen LogP contribution is -2.40. The van der Waals surface area contributed by atoms with Gasteiger partial charge in [-0.05, 0) is 20.8 Å². The predicted molar refractivity (Wildman–Crippen MR) is 81.3 cm³/mol. The molecule has 0 aromatic carbocycles. The summed E-state index contributed by atoms with van der Waals surface area (Å²) >= 11 is 11.6.